The molecule has 1 rings (SSSR count). The van der Waals surface area contributed by atoms with Crippen molar-refractivity contribution in [2.45, 2.75) is 19.1 Å². The van der Waals surface area contributed by atoms with Crippen LogP contribution in [0.5, 0.6) is 5.75 Å². The van der Waals surface area contributed by atoms with E-state index in [0.29, 0.717) is 0 Å². The van der Waals surface area contributed by atoms with Gasteiger partial charge in [0, 0.05) is 0 Å². The predicted octanol–water partition coefficient (Wildman–Crippen LogP) is 1.84. The second-order valence-electron chi connectivity index (χ2n) is 3.16. The molecule has 3 nitrogen and oxygen atoms in total. The molecule has 0 saturated carbocycles. The molecule has 0 saturated heterocycles. The Bertz CT molecular complexity index is 315. The zero-order valence-electron chi connectivity index (χ0n) is 8.20. The minimum atomic E-state index is -0.569. The van der Waals surface area contributed by atoms with Crippen molar-refractivity contribution in [2.75, 3.05) is 7.11 Å². The summed E-state index contributed by atoms with van der Waals surface area (Å²) in [5, 5.41) is 9.33. The molecule has 0 fully saturated rings. The van der Waals surface area contributed by atoms with Crippen LogP contribution in [-0.2, 0) is 0 Å². The molecule has 0 aliphatic carbocycles. The Balaban J connectivity index is 3.00. The molecule has 1 aromatic carbocycles. The van der Waals surface area contributed by atoms with Crippen molar-refractivity contribution in [1.82, 2.24) is 0 Å². The number of halogens is 1. The van der Waals surface area contributed by atoms with E-state index in [4.69, 9.17) is 10.5 Å². The molecule has 0 radical (unpaired) electrons. The monoisotopic (exact) mass is 259 g/mol. The van der Waals surface area contributed by atoms with Crippen LogP contribution in [0.15, 0.2) is 22.7 Å². The van der Waals surface area contributed by atoms with Crippen molar-refractivity contribution in [3.05, 3.63) is 28.2 Å². The molecular weight excluding hydrogens is 246 g/mol. The van der Waals surface area contributed by atoms with Crippen LogP contribution in [0.4, 0.5) is 0 Å². The Kier molecular flexibility index (Phi) is 3.92. The van der Waals surface area contributed by atoms with E-state index in [0.717, 1.165) is 15.8 Å². The molecule has 0 unspecified atom stereocenters. The topological polar surface area (TPSA) is 55.5 Å². The highest BCUT2D eigenvalue weighted by Crippen LogP contribution is 2.28. The fourth-order valence-electron chi connectivity index (χ4n) is 1.16. The number of benzene rings is 1. The van der Waals surface area contributed by atoms with E-state index in [2.05, 4.69) is 15.9 Å². The summed E-state index contributed by atoms with van der Waals surface area (Å²) in [6.45, 7) is 1.67. The van der Waals surface area contributed by atoms with Crippen LogP contribution >= 0.6 is 15.9 Å². The van der Waals surface area contributed by atoms with Gasteiger partial charge in [0.05, 0.1) is 23.7 Å². The lowest BCUT2D eigenvalue weighted by Gasteiger charge is -2.16. The normalized spacial score (nSPS) is 14.9. The lowest BCUT2D eigenvalue weighted by Crippen LogP contribution is -2.23. The SMILES string of the molecule is COc1cc([C@H](N)[C@@H](C)O)ccc1Br. The van der Waals surface area contributed by atoms with Gasteiger partial charge in [-0.05, 0) is 40.5 Å². The summed E-state index contributed by atoms with van der Waals surface area (Å²) in [5.41, 5.74) is 6.65. The smallest absolute Gasteiger partial charge is 0.133 e. The summed E-state index contributed by atoms with van der Waals surface area (Å²) in [6.07, 6.45) is -0.569. The highest BCUT2D eigenvalue weighted by Gasteiger charge is 2.13. The van der Waals surface area contributed by atoms with E-state index in [1.54, 1.807) is 14.0 Å². The average molecular weight is 260 g/mol. The Morgan fingerprint density at radius 1 is 1.50 bits per heavy atom. The average Bonchev–Trinajstić information content (AvgIpc) is 2.17. The zero-order valence-corrected chi connectivity index (χ0v) is 9.78. The van der Waals surface area contributed by atoms with Crippen molar-refractivity contribution in [3.63, 3.8) is 0 Å². The maximum Gasteiger partial charge on any atom is 0.133 e. The second kappa shape index (κ2) is 4.77. The standard InChI is InChI=1S/C10H14BrNO2/c1-6(13)10(12)7-3-4-8(11)9(5-7)14-2/h3-6,10,13H,12H2,1-2H3/t6-,10-/m1/s1. The van der Waals surface area contributed by atoms with Gasteiger partial charge in [-0.1, -0.05) is 6.07 Å². The van der Waals surface area contributed by atoms with Gasteiger partial charge in [-0.3, -0.25) is 0 Å². The maximum atomic E-state index is 9.33. The maximum absolute atomic E-state index is 9.33. The first-order valence-electron chi connectivity index (χ1n) is 4.33. The number of ether oxygens (including phenoxy) is 1. The molecule has 0 aliphatic rings. The number of nitrogens with two attached hydrogens (primary N) is 1. The minimum absolute atomic E-state index is 0.378. The first kappa shape index (κ1) is 11.5. The molecule has 0 amide bonds. The molecule has 0 aromatic heterocycles. The number of aliphatic hydroxyl groups excluding tert-OH is 1. The molecule has 3 N–H and O–H groups in total. The van der Waals surface area contributed by atoms with Crippen molar-refractivity contribution in [2.24, 2.45) is 5.73 Å². The Morgan fingerprint density at radius 3 is 2.64 bits per heavy atom. The second-order valence-corrected chi connectivity index (χ2v) is 4.01. The van der Waals surface area contributed by atoms with Crippen LogP contribution in [-0.4, -0.2) is 18.3 Å². The molecule has 0 bridgehead atoms. The van der Waals surface area contributed by atoms with Gasteiger partial charge in [-0.15, -0.1) is 0 Å². The van der Waals surface area contributed by atoms with Gasteiger partial charge in [0.2, 0.25) is 0 Å². The van der Waals surface area contributed by atoms with E-state index >= 15 is 0 Å². The summed E-state index contributed by atoms with van der Waals surface area (Å²) >= 11 is 3.35. The van der Waals surface area contributed by atoms with Crippen molar-refractivity contribution in [3.8, 4) is 5.75 Å². The highest BCUT2D eigenvalue weighted by molar-refractivity contribution is 9.10. The van der Waals surface area contributed by atoms with Gasteiger partial charge in [0.25, 0.3) is 0 Å². The van der Waals surface area contributed by atoms with Gasteiger partial charge >= 0.3 is 0 Å². The fourth-order valence-corrected chi connectivity index (χ4v) is 1.57. The van der Waals surface area contributed by atoms with E-state index in [9.17, 15) is 5.11 Å². The third kappa shape index (κ3) is 2.47. The van der Waals surface area contributed by atoms with Crippen molar-refractivity contribution in [1.29, 1.82) is 0 Å². The molecule has 2 atom stereocenters. The van der Waals surface area contributed by atoms with Crippen molar-refractivity contribution >= 4 is 15.9 Å². The molecule has 0 heterocycles. The van der Waals surface area contributed by atoms with Gasteiger partial charge < -0.3 is 15.6 Å². The lowest BCUT2D eigenvalue weighted by molar-refractivity contribution is 0.164. The molecule has 78 valence electrons. The number of hydrogen-bond acceptors (Lipinski definition) is 3. The van der Waals surface area contributed by atoms with E-state index in [1.165, 1.54) is 0 Å². The molecular formula is C10H14BrNO2. The Labute approximate surface area is 92.0 Å². The summed E-state index contributed by atoms with van der Waals surface area (Å²) in [7, 11) is 1.60. The van der Waals surface area contributed by atoms with Crippen LogP contribution in [0.3, 0.4) is 0 Å². The molecule has 0 spiro atoms. The summed E-state index contributed by atoms with van der Waals surface area (Å²) in [4.78, 5) is 0. The van der Waals surface area contributed by atoms with Crippen LogP contribution in [0.1, 0.15) is 18.5 Å². The highest BCUT2D eigenvalue weighted by atomic mass is 79.9. The number of aliphatic hydroxyl groups is 1. The quantitative estimate of drug-likeness (QED) is 0.871. The van der Waals surface area contributed by atoms with E-state index in [1.807, 2.05) is 18.2 Å². The Morgan fingerprint density at radius 2 is 2.14 bits per heavy atom. The number of hydrogen-bond donors (Lipinski definition) is 2. The molecule has 0 aliphatic heterocycles. The van der Waals surface area contributed by atoms with Gasteiger partial charge in [-0.25, -0.2) is 0 Å². The largest absolute Gasteiger partial charge is 0.496 e. The summed E-state index contributed by atoms with van der Waals surface area (Å²) < 4.78 is 6.01. The third-order valence-electron chi connectivity index (χ3n) is 2.08. The number of methoxy groups -OCH3 is 1. The molecule has 4 heteroatoms. The number of rotatable bonds is 3. The van der Waals surface area contributed by atoms with Crippen LogP contribution in [0, 0.1) is 0 Å². The third-order valence-corrected chi connectivity index (χ3v) is 2.73. The minimum Gasteiger partial charge on any atom is -0.496 e. The van der Waals surface area contributed by atoms with Crippen molar-refractivity contribution < 1.29 is 9.84 Å². The summed E-state index contributed by atoms with van der Waals surface area (Å²) in [5.74, 6) is 0.721. The molecule has 14 heavy (non-hydrogen) atoms. The van der Waals surface area contributed by atoms with Crippen LogP contribution in [0.25, 0.3) is 0 Å². The fraction of sp³-hybridized carbons (Fsp3) is 0.400. The lowest BCUT2D eigenvalue weighted by atomic mass is 10.0. The summed E-state index contributed by atoms with van der Waals surface area (Å²) in [6, 6.07) is 5.17. The van der Waals surface area contributed by atoms with Gasteiger partial charge in [0.15, 0.2) is 0 Å². The van der Waals surface area contributed by atoms with Gasteiger partial charge in [-0.2, -0.15) is 0 Å². The van der Waals surface area contributed by atoms with Crippen LogP contribution < -0.4 is 10.5 Å². The first-order valence-corrected chi connectivity index (χ1v) is 5.12. The Hall–Kier alpha value is -0.580. The van der Waals surface area contributed by atoms with Gasteiger partial charge in [0.1, 0.15) is 5.75 Å². The predicted molar refractivity (Wildman–Crippen MR) is 59.3 cm³/mol. The van der Waals surface area contributed by atoms with E-state index in [-0.39, 0.29) is 6.04 Å². The first-order chi connectivity index (χ1) is 6.56. The van der Waals surface area contributed by atoms with E-state index < -0.39 is 6.10 Å². The zero-order chi connectivity index (χ0) is 10.7. The molecule has 1 aromatic rings. The van der Waals surface area contributed by atoms with Crippen LogP contribution in [0.2, 0.25) is 0 Å².